The molecule has 0 unspecified atom stereocenters. The molecule has 0 aliphatic rings. The molecule has 9 heteroatoms. The highest BCUT2D eigenvalue weighted by Crippen LogP contribution is 2.16. The summed E-state index contributed by atoms with van der Waals surface area (Å²) in [7, 11) is 0. The number of quaternary nitrogens is 1. The number of nitrogens with zero attached hydrogens (tertiary/aromatic N) is 2. The number of imidazole rings is 1. The fourth-order valence-corrected chi connectivity index (χ4v) is 2.62. The molecule has 5 N–H and O–H groups in total. The number of H-pyrrole nitrogens is 2. The lowest BCUT2D eigenvalue weighted by Crippen LogP contribution is -2.51. The standard InChI is InChI=1S/C16H16FN5O2S/c17-5-11(6-18)8-24-12-3-1-2-10(4-12)7-22-14-13(19-9-20-14)15(23)21-16(22)25/h1-5,9H,6-8,18H2,(H,19,20)(H,21,23,25)/p+1/b11-5-. The molecule has 0 amide bonds. The van der Waals surface area contributed by atoms with Crippen LogP contribution in [0.1, 0.15) is 5.56 Å². The summed E-state index contributed by atoms with van der Waals surface area (Å²) in [6.07, 6.45) is 1.97. The first kappa shape index (κ1) is 17.1. The van der Waals surface area contributed by atoms with Gasteiger partial charge in [0.25, 0.3) is 5.56 Å². The Hall–Kier alpha value is -2.78. The predicted molar refractivity (Wildman–Crippen MR) is 93.5 cm³/mol. The van der Waals surface area contributed by atoms with Crippen LogP contribution >= 0.6 is 12.2 Å². The van der Waals surface area contributed by atoms with Gasteiger partial charge in [0.15, 0.2) is 10.4 Å². The normalized spacial score (nSPS) is 11.8. The van der Waals surface area contributed by atoms with E-state index in [1.165, 1.54) is 6.33 Å². The van der Waals surface area contributed by atoms with Crippen molar-refractivity contribution in [1.82, 2.24) is 19.5 Å². The summed E-state index contributed by atoms with van der Waals surface area (Å²) < 4.78 is 20.2. The van der Waals surface area contributed by atoms with Gasteiger partial charge >= 0.3 is 0 Å². The second-order valence-corrected chi connectivity index (χ2v) is 5.79. The lowest BCUT2D eigenvalue weighted by molar-refractivity contribution is -0.356. The zero-order chi connectivity index (χ0) is 17.8. The van der Waals surface area contributed by atoms with Crippen LogP contribution in [-0.2, 0) is 6.54 Å². The fourth-order valence-electron chi connectivity index (χ4n) is 2.38. The Bertz CT molecular complexity index is 1040. The molecule has 2 heterocycles. The minimum Gasteiger partial charge on any atom is -0.489 e. The molecule has 0 aliphatic carbocycles. The van der Waals surface area contributed by atoms with Crippen molar-refractivity contribution >= 4 is 23.4 Å². The molecular weight excluding hydrogens is 345 g/mol. The zero-order valence-electron chi connectivity index (χ0n) is 13.3. The summed E-state index contributed by atoms with van der Waals surface area (Å²) >= 11 is 5.25. The number of fused-ring (bicyclic) bond motifs is 1. The molecule has 3 aromatic rings. The topological polar surface area (TPSA) is 103 Å². The van der Waals surface area contributed by atoms with Crippen molar-refractivity contribution in [2.75, 3.05) is 13.2 Å². The van der Waals surface area contributed by atoms with Gasteiger partial charge in [-0.15, -0.1) is 0 Å². The molecule has 0 radical (unpaired) electrons. The minimum absolute atomic E-state index is 0.144. The number of hydrogen-bond donors (Lipinski definition) is 3. The third-order valence-electron chi connectivity index (χ3n) is 3.71. The molecule has 0 saturated carbocycles. The summed E-state index contributed by atoms with van der Waals surface area (Å²) in [6.45, 7) is 0.903. The van der Waals surface area contributed by atoms with E-state index in [0.29, 0.717) is 41.9 Å². The van der Waals surface area contributed by atoms with Crippen LogP contribution in [0.3, 0.4) is 0 Å². The van der Waals surface area contributed by atoms with E-state index in [1.54, 1.807) is 10.6 Å². The molecular formula is C16H17FN5O2S+. The van der Waals surface area contributed by atoms with E-state index >= 15 is 0 Å². The second kappa shape index (κ2) is 7.41. The van der Waals surface area contributed by atoms with Gasteiger partial charge in [0, 0.05) is 5.57 Å². The van der Waals surface area contributed by atoms with Gasteiger partial charge in [-0.2, -0.15) is 0 Å². The number of aromatic nitrogens is 4. The fraction of sp³-hybridized carbons (Fsp3) is 0.188. The monoisotopic (exact) mass is 362 g/mol. The van der Waals surface area contributed by atoms with Gasteiger partial charge in [0.1, 0.15) is 24.4 Å². The highest BCUT2D eigenvalue weighted by atomic mass is 32.1. The Kier molecular flexibility index (Phi) is 5.05. The maximum atomic E-state index is 12.6. The average molecular weight is 362 g/mol. The number of halogens is 1. The molecule has 25 heavy (non-hydrogen) atoms. The zero-order valence-corrected chi connectivity index (χ0v) is 14.1. The molecule has 0 bridgehead atoms. The van der Waals surface area contributed by atoms with Gasteiger partial charge < -0.3 is 15.5 Å². The molecule has 130 valence electrons. The smallest absolute Gasteiger partial charge is 0.277 e. The van der Waals surface area contributed by atoms with Crippen LogP contribution in [0, 0.1) is 4.77 Å². The molecule has 0 aliphatic heterocycles. The van der Waals surface area contributed by atoms with Crippen molar-refractivity contribution in [2.45, 2.75) is 6.54 Å². The second-order valence-electron chi connectivity index (χ2n) is 5.40. The van der Waals surface area contributed by atoms with Crippen LogP contribution in [0.15, 0.2) is 47.3 Å². The number of rotatable bonds is 6. The van der Waals surface area contributed by atoms with Crippen molar-refractivity contribution in [3.8, 4) is 5.75 Å². The molecule has 2 aromatic heterocycles. The van der Waals surface area contributed by atoms with Crippen molar-refractivity contribution in [3.05, 3.63) is 63.2 Å². The van der Waals surface area contributed by atoms with E-state index in [1.807, 2.05) is 18.2 Å². The molecule has 0 fully saturated rings. The van der Waals surface area contributed by atoms with Crippen LogP contribution < -0.4 is 16.0 Å². The number of ether oxygens (including phenoxy) is 1. The van der Waals surface area contributed by atoms with Gasteiger partial charge in [0.2, 0.25) is 0 Å². The van der Waals surface area contributed by atoms with E-state index < -0.39 is 0 Å². The highest BCUT2D eigenvalue weighted by Gasteiger charge is 2.09. The van der Waals surface area contributed by atoms with E-state index in [0.717, 1.165) is 5.56 Å². The molecule has 0 spiro atoms. The summed E-state index contributed by atoms with van der Waals surface area (Å²) in [5.41, 5.74) is 5.58. The Balaban J connectivity index is 1.87. The SMILES string of the molecule is [NH3+]C/C(=C/F)COc1cccc(Cn2c(=S)[nH]c(=O)c3[nH]cnc32)c1. The highest BCUT2D eigenvalue weighted by molar-refractivity contribution is 7.71. The largest absolute Gasteiger partial charge is 0.489 e. The van der Waals surface area contributed by atoms with Gasteiger partial charge in [-0.3, -0.25) is 14.3 Å². The van der Waals surface area contributed by atoms with E-state index in [-0.39, 0.29) is 16.9 Å². The van der Waals surface area contributed by atoms with Gasteiger partial charge in [0.05, 0.1) is 19.2 Å². The molecule has 1 aromatic carbocycles. The lowest BCUT2D eigenvalue weighted by atomic mass is 10.2. The van der Waals surface area contributed by atoms with Gasteiger partial charge in [-0.1, -0.05) is 12.1 Å². The molecule has 0 atom stereocenters. The number of benzene rings is 1. The quantitative estimate of drug-likeness (QED) is 0.575. The Morgan fingerprint density at radius 2 is 2.32 bits per heavy atom. The van der Waals surface area contributed by atoms with Crippen LogP contribution in [0.4, 0.5) is 4.39 Å². The molecule has 0 saturated heterocycles. The van der Waals surface area contributed by atoms with E-state index in [4.69, 9.17) is 17.0 Å². The third kappa shape index (κ3) is 3.67. The first-order valence-electron chi connectivity index (χ1n) is 7.57. The molecule has 3 rings (SSSR count). The van der Waals surface area contributed by atoms with Crippen LogP contribution in [0.2, 0.25) is 0 Å². The Morgan fingerprint density at radius 3 is 3.08 bits per heavy atom. The number of nitrogens with one attached hydrogen (secondary N) is 2. The predicted octanol–water partition coefficient (Wildman–Crippen LogP) is 1.30. The summed E-state index contributed by atoms with van der Waals surface area (Å²) in [5, 5.41) is 0. The summed E-state index contributed by atoms with van der Waals surface area (Å²) in [6, 6.07) is 7.37. The maximum absolute atomic E-state index is 12.6. The number of aromatic amines is 2. The first-order chi connectivity index (χ1) is 12.1. The van der Waals surface area contributed by atoms with E-state index in [2.05, 4.69) is 20.7 Å². The van der Waals surface area contributed by atoms with Crippen molar-refractivity contribution in [3.63, 3.8) is 0 Å². The van der Waals surface area contributed by atoms with Crippen LogP contribution in [0.25, 0.3) is 11.2 Å². The maximum Gasteiger partial charge on any atom is 0.277 e. The van der Waals surface area contributed by atoms with Crippen molar-refractivity contribution < 1.29 is 14.9 Å². The van der Waals surface area contributed by atoms with Crippen molar-refractivity contribution in [1.29, 1.82) is 0 Å². The minimum atomic E-state index is -0.301. The lowest BCUT2D eigenvalue weighted by Gasteiger charge is -2.10. The van der Waals surface area contributed by atoms with E-state index in [9.17, 15) is 9.18 Å². The third-order valence-corrected chi connectivity index (χ3v) is 4.03. The Labute approximate surface area is 147 Å². The van der Waals surface area contributed by atoms with Crippen molar-refractivity contribution in [2.24, 2.45) is 0 Å². The molecule has 7 nitrogen and oxygen atoms in total. The summed E-state index contributed by atoms with van der Waals surface area (Å²) in [5.74, 6) is 0.611. The van der Waals surface area contributed by atoms with Gasteiger partial charge in [-0.05, 0) is 29.9 Å². The van der Waals surface area contributed by atoms with Gasteiger partial charge in [-0.25, -0.2) is 9.37 Å². The van der Waals surface area contributed by atoms with Crippen LogP contribution in [-0.4, -0.2) is 32.7 Å². The number of hydrogen-bond acceptors (Lipinski definition) is 4. The van der Waals surface area contributed by atoms with Crippen LogP contribution in [0.5, 0.6) is 5.75 Å². The first-order valence-corrected chi connectivity index (χ1v) is 7.98. The average Bonchev–Trinajstić information content (AvgIpc) is 3.10. The Morgan fingerprint density at radius 1 is 1.48 bits per heavy atom. The summed E-state index contributed by atoms with van der Waals surface area (Å²) in [4.78, 5) is 21.5.